The quantitative estimate of drug-likeness (QED) is 0.629. The number of fused-ring (bicyclic) bond motifs is 1. The van der Waals surface area contributed by atoms with E-state index in [9.17, 15) is 4.79 Å². The van der Waals surface area contributed by atoms with Gasteiger partial charge in [0.2, 0.25) is 0 Å². The molecule has 1 aliphatic heterocycles. The first-order valence-electron chi connectivity index (χ1n) is 7.30. The van der Waals surface area contributed by atoms with Crippen molar-refractivity contribution in [2.24, 2.45) is 5.10 Å². The fourth-order valence-electron chi connectivity index (χ4n) is 2.06. The largest absolute Gasteiger partial charge is 0.486 e. The van der Waals surface area contributed by atoms with Crippen molar-refractivity contribution in [1.82, 2.24) is 5.43 Å². The Balaban J connectivity index is 1.49. The zero-order chi connectivity index (χ0) is 16.8. The molecule has 7 heteroatoms. The van der Waals surface area contributed by atoms with Crippen LogP contribution >= 0.6 is 15.9 Å². The number of benzene rings is 2. The van der Waals surface area contributed by atoms with Gasteiger partial charge in [0.15, 0.2) is 18.1 Å². The van der Waals surface area contributed by atoms with Crippen LogP contribution in [0.3, 0.4) is 0 Å². The maximum absolute atomic E-state index is 11.7. The van der Waals surface area contributed by atoms with E-state index in [-0.39, 0.29) is 12.5 Å². The molecule has 0 unspecified atom stereocenters. The number of hydrogen-bond donors (Lipinski definition) is 1. The average molecular weight is 391 g/mol. The maximum Gasteiger partial charge on any atom is 0.277 e. The molecule has 2 aromatic rings. The summed E-state index contributed by atoms with van der Waals surface area (Å²) < 4.78 is 17.2. The predicted molar refractivity (Wildman–Crippen MR) is 92.8 cm³/mol. The number of carbonyl (C=O) groups is 1. The minimum atomic E-state index is -0.344. The van der Waals surface area contributed by atoms with Crippen molar-refractivity contribution in [1.29, 1.82) is 0 Å². The van der Waals surface area contributed by atoms with Gasteiger partial charge < -0.3 is 14.2 Å². The standard InChI is InChI=1S/C17H15BrN2O4/c18-13-2-1-3-14(9-13)24-11-17(21)20-19-10-12-4-5-15-16(8-12)23-7-6-22-15/h1-5,8-10H,6-7,11H2,(H,20,21)/b19-10-. The van der Waals surface area contributed by atoms with Crippen LogP contribution in [0.2, 0.25) is 0 Å². The van der Waals surface area contributed by atoms with Gasteiger partial charge in [0.05, 0.1) is 6.21 Å². The van der Waals surface area contributed by atoms with E-state index >= 15 is 0 Å². The van der Waals surface area contributed by atoms with Gasteiger partial charge in [-0.2, -0.15) is 5.10 Å². The van der Waals surface area contributed by atoms with Crippen molar-refractivity contribution in [3.8, 4) is 17.2 Å². The van der Waals surface area contributed by atoms with Crippen LogP contribution in [0.4, 0.5) is 0 Å². The predicted octanol–water partition coefficient (Wildman–Crippen LogP) is 2.75. The molecular formula is C17H15BrN2O4. The first-order chi connectivity index (χ1) is 11.7. The van der Waals surface area contributed by atoms with Gasteiger partial charge in [-0.05, 0) is 42.0 Å². The molecule has 0 atom stereocenters. The highest BCUT2D eigenvalue weighted by molar-refractivity contribution is 9.10. The van der Waals surface area contributed by atoms with Crippen LogP contribution in [0, 0.1) is 0 Å². The van der Waals surface area contributed by atoms with Crippen molar-refractivity contribution in [2.75, 3.05) is 19.8 Å². The van der Waals surface area contributed by atoms with E-state index < -0.39 is 0 Å². The van der Waals surface area contributed by atoms with Crippen LogP contribution < -0.4 is 19.6 Å². The van der Waals surface area contributed by atoms with Crippen LogP contribution in [0.15, 0.2) is 52.0 Å². The van der Waals surface area contributed by atoms with Gasteiger partial charge in [-0.1, -0.05) is 22.0 Å². The lowest BCUT2D eigenvalue weighted by Crippen LogP contribution is -2.24. The second-order valence-electron chi connectivity index (χ2n) is 4.94. The summed E-state index contributed by atoms with van der Waals surface area (Å²) in [5, 5.41) is 3.91. The highest BCUT2D eigenvalue weighted by atomic mass is 79.9. The van der Waals surface area contributed by atoms with Crippen LogP contribution in [-0.4, -0.2) is 31.9 Å². The van der Waals surface area contributed by atoms with Crippen LogP contribution in [0.1, 0.15) is 5.56 Å². The summed E-state index contributed by atoms with van der Waals surface area (Å²) in [6.45, 7) is 0.959. The molecule has 0 saturated heterocycles. The SMILES string of the molecule is O=C(COc1cccc(Br)c1)N/N=C\c1ccc2c(c1)OCCO2. The molecule has 0 radical (unpaired) electrons. The van der Waals surface area contributed by atoms with E-state index in [4.69, 9.17) is 14.2 Å². The second kappa shape index (κ2) is 7.83. The van der Waals surface area contributed by atoms with E-state index in [0.717, 1.165) is 10.0 Å². The molecule has 1 amide bonds. The van der Waals surface area contributed by atoms with E-state index in [1.165, 1.54) is 6.21 Å². The number of hydrazone groups is 1. The smallest absolute Gasteiger partial charge is 0.277 e. The Bertz CT molecular complexity index is 764. The minimum absolute atomic E-state index is 0.116. The lowest BCUT2D eigenvalue weighted by Gasteiger charge is -2.18. The first-order valence-corrected chi connectivity index (χ1v) is 8.10. The number of halogens is 1. The number of hydrogen-bond acceptors (Lipinski definition) is 5. The maximum atomic E-state index is 11.7. The molecule has 0 aromatic heterocycles. The number of amides is 1. The molecule has 0 saturated carbocycles. The van der Waals surface area contributed by atoms with Gasteiger partial charge in [-0.25, -0.2) is 5.43 Å². The van der Waals surface area contributed by atoms with Gasteiger partial charge in [-0.15, -0.1) is 0 Å². The summed E-state index contributed by atoms with van der Waals surface area (Å²) in [4.78, 5) is 11.7. The Labute approximate surface area is 147 Å². The van der Waals surface area contributed by atoms with Gasteiger partial charge >= 0.3 is 0 Å². The van der Waals surface area contributed by atoms with Crippen LogP contribution in [0.5, 0.6) is 17.2 Å². The molecule has 1 aliphatic rings. The summed E-state index contributed by atoms with van der Waals surface area (Å²) in [7, 11) is 0. The van der Waals surface area contributed by atoms with Gasteiger partial charge in [0, 0.05) is 4.47 Å². The van der Waals surface area contributed by atoms with Crippen LogP contribution in [0.25, 0.3) is 0 Å². The zero-order valence-electron chi connectivity index (χ0n) is 12.7. The number of ether oxygens (including phenoxy) is 3. The van der Waals surface area contributed by atoms with Gasteiger partial charge in [0.1, 0.15) is 19.0 Å². The van der Waals surface area contributed by atoms with E-state index in [0.29, 0.717) is 30.5 Å². The molecule has 1 heterocycles. The highest BCUT2D eigenvalue weighted by Gasteiger charge is 2.10. The molecule has 2 aromatic carbocycles. The van der Waals surface area contributed by atoms with Crippen molar-refractivity contribution in [3.05, 3.63) is 52.5 Å². The Hall–Kier alpha value is -2.54. The fraction of sp³-hybridized carbons (Fsp3) is 0.176. The van der Waals surface area contributed by atoms with E-state index in [1.54, 1.807) is 12.1 Å². The third-order valence-electron chi connectivity index (χ3n) is 3.14. The highest BCUT2D eigenvalue weighted by Crippen LogP contribution is 2.30. The topological polar surface area (TPSA) is 69.2 Å². The molecule has 0 fully saturated rings. The third-order valence-corrected chi connectivity index (χ3v) is 3.63. The molecule has 0 aliphatic carbocycles. The zero-order valence-corrected chi connectivity index (χ0v) is 14.3. The minimum Gasteiger partial charge on any atom is -0.486 e. The van der Waals surface area contributed by atoms with Crippen molar-refractivity contribution in [3.63, 3.8) is 0 Å². The summed E-state index contributed by atoms with van der Waals surface area (Å²) in [6, 6.07) is 12.7. The molecule has 1 N–H and O–H groups in total. The lowest BCUT2D eigenvalue weighted by atomic mass is 10.2. The summed E-state index contributed by atoms with van der Waals surface area (Å²) >= 11 is 3.34. The number of carbonyl (C=O) groups excluding carboxylic acids is 1. The Morgan fingerprint density at radius 2 is 2.04 bits per heavy atom. The van der Waals surface area contributed by atoms with Crippen molar-refractivity contribution in [2.45, 2.75) is 0 Å². The molecular weight excluding hydrogens is 376 g/mol. The summed E-state index contributed by atoms with van der Waals surface area (Å²) in [5.41, 5.74) is 3.22. The van der Waals surface area contributed by atoms with Gasteiger partial charge in [0.25, 0.3) is 5.91 Å². The molecule has 124 valence electrons. The van der Waals surface area contributed by atoms with E-state index in [1.807, 2.05) is 30.3 Å². The normalized spacial score (nSPS) is 12.9. The molecule has 0 bridgehead atoms. The van der Waals surface area contributed by atoms with Gasteiger partial charge in [-0.3, -0.25) is 4.79 Å². The molecule has 24 heavy (non-hydrogen) atoms. The van der Waals surface area contributed by atoms with Crippen LogP contribution in [-0.2, 0) is 4.79 Å². The Kier molecular flexibility index (Phi) is 5.32. The van der Waals surface area contributed by atoms with Crippen molar-refractivity contribution < 1.29 is 19.0 Å². The average Bonchev–Trinajstić information content (AvgIpc) is 2.60. The van der Waals surface area contributed by atoms with E-state index in [2.05, 4.69) is 26.5 Å². The third kappa shape index (κ3) is 4.48. The lowest BCUT2D eigenvalue weighted by molar-refractivity contribution is -0.123. The molecule has 6 nitrogen and oxygen atoms in total. The van der Waals surface area contributed by atoms with Crippen molar-refractivity contribution >= 4 is 28.1 Å². The Morgan fingerprint density at radius 3 is 2.88 bits per heavy atom. The summed E-state index contributed by atoms with van der Waals surface area (Å²) in [5.74, 6) is 1.65. The number of rotatable bonds is 5. The number of nitrogens with zero attached hydrogens (tertiary/aromatic N) is 1. The Morgan fingerprint density at radius 1 is 1.21 bits per heavy atom. The first kappa shape index (κ1) is 16.3. The number of nitrogens with one attached hydrogen (secondary N) is 1. The summed E-state index contributed by atoms with van der Waals surface area (Å²) in [6.07, 6.45) is 1.54. The molecule has 3 rings (SSSR count). The molecule has 0 spiro atoms. The second-order valence-corrected chi connectivity index (χ2v) is 5.86. The fourth-order valence-corrected chi connectivity index (χ4v) is 2.44. The monoisotopic (exact) mass is 390 g/mol.